The van der Waals surface area contributed by atoms with E-state index in [1.807, 2.05) is 0 Å². The SMILES string of the molecule is COc1ccc([N+](=O)[O-])cc1NC(=O)c1ccc(Cl)c(S(=O)(=O)N2CCCC2)c1. The molecule has 1 amide bonds. The zero-order valence-electron chi connectivity index (χ0n) is 15.4. The smallest absolute Gasteiger partial charge is 0.271 e. The Morgan fingerprint density at radius 3 is 2.52 bits per heavy atom. The molecule has 154 valence electrons. The first-order valence-corrected chi connectivity index (χ1v) is 10.5. The van der Waals surface area contributed by atoms with Crippen LogP contribution in [0.15, 0.2) is 41.3 Å². The van der Waals surface area contributed by atoms with Crippen molar-refractivity contribution in [3.05, 3.63) is 57.1 Å². The van der Waals surface area contributed by atoms with Gasteiger partial charge in [0.2, 0.25) is 10.0 Å². The van der Waals surface area contributed by atoms with Crippen LogP contribution in [0.25, 0.3) is 0 Å². The Kier molecular flexibility index (Phi) is 6.06. The van der Waals surface area contributed by atoms with Crippen LogP contribution in [0.3, 0.4) is 0 Å². The number of nitrogens with one attached hydrogen (secondary N) is 1. The summed E-state index contributed by atoms with van der Waals surface area (Å²) in [5.74, 6) is -0.429. The molecule has 0 aliphatic carbocycles. The molecule has 2 aromatic carbocycles. The fourth-order valence-electron chi connectivity index (χ4n) is 3.01. The molecule has 1 heterocycles. The number of nitro groups is 1. The van der Waals surface area contributed by atoms with Crippen molar-refractivity contribution in [1.82, 2.24) is 4.31 Å². The predicted octanol–water partition coefficient (Wildman–Crippen LogP) is 3.29. The minimum Gasteiger partial charge on any atom is -0.495 e. The zero-order valence-corrected chi connectivity index (χ0v) is 17.0. The number of methoxy groups -OCH3 is 1. The van der Waals surface area contributed by atoms with Gasteiger partial charge in [0.15, 0.2) is 0 Å². The molecule has 1 saturated heterocycles. The van der Waals surface area contributed by atoms with Crippen molar-refractivity contribution in [3.63, 3.8) is 0 Å². The summed E-state index contributed by atoms with van der Waals surface area (Å²) >= 11 is 6.09. The van der Waals surface area contributed by atoms with E-state index in [4.69, 9.17) is 16.3 Å². The summed E-state index contributed by atoms with van der Waals surface area (Å²) in [7, 11) is -2.46. The summed E-state index contributed by atoms with van der Waals surface area (Å²) in [5, 5.41) is 13.5. The lowest BCUT2D eigenvalue weighted by Gasteiger charge is -2.17. The van der Waals surface area contributed by atoms with Crippen LogP contribution in [0, 0.1) is 10.1 Å². The number of hydrogen-bond donors (Lipinski definition) is 1. The highest BCUT2D eigenvalue weighted by Crippen LogP contribution is 2.31. The zero-order chi connectivity index (χ0) is 21.2. The van der Waals surface area contributed by atoms with Crippen molar-refractivity contribution in [2.45, 2.75) is 17.7 Å². The quantitative estimate of drug-likeness (QED) is 0.544. The van der Waals surface area contributed by atoms with Crippen molar-refractivity contribution in [3.8, 4) is 5.75 Å². The van der Waals surface area contributed by atoms with Crippen LogP contribution in [0.1, 0.15) is 23.2 Å². The fourth-order valence-corrected chi connectivity index (χ4v) is 5.03. The summed E-state index contributed by atoms with van der Waals surface area (Å²) in [6.45, 7) is 0.805. The summed E-state index contributed by atoms with van der Waals surface area (Å²) in [6.07, 6.45) is 1.53. The maximum absolute atomic E-state index is 12.8. The summed E-state index contributed by atoms with van der Waals surface area (Å²) in [5.41, 5.74) is -0.0964. The van der Waals surface area contributed by atoms with Gasteiger partial charge in [-0.1, -0.05) is 11.6 Å². The molecule has 29 heavy (non-hydrogen) atoms. The molecule has 9 nitrogen and oxygen atoms in total. The Labute approximate surface area is 172 Å². The molecule has 0 aromatic heterocycles. The minimum absolute atomic E-state index is 0.0152. The van der Waals surface area contributed by atoms with Gasteiger partial charge in [-0.15, -0.1) is 0 Å². The monoisotopic (exact) mass is 439 g/mol. The lowest BCUT2D eigenvalue weighted by atomic mass is 10.2. The molecule has 0 radical (unpaired) electrons. The second kappa shape index (κ2) is 8.36. The fraction of sp³-hybridized carbons (Fsp3) is 0.278. The first kappa shape index (κ1) is 21.0. The molecule has 1 aliphatic heterocycles. The largest absolute Gasteiger partial charge is 0.495 e. The third-order valence-corrected chi connectivity index (χ3v) is 6.90. The van der Waals surface area contributed by atoms with Gasteiger partial charge in [-0.05, 0) is 37.1 Å². The number of hydrogen-bond acceptors (Lipinski definition) is 6. The number of non-ortho nitro benzene ring substituents is 1. The van der Waals surface area contributed by atoms with Crippen LogP contribution in [-0.4, -0.2) is 43.8 Å². The first-order valence-electron chi connectivity index (χ1n) is 8.67. The average Bonchev–Trinajstić information content (AvgIpc) is 3.23. The van der Waals surface area contributed by atoms with E-state index in [0.29, 0.717) is 13.1 Å². The summed E-state index contributed by atoms with van der Waals surface area (Å²) in [4.78, 5) is 22.9. The Morgan fingerprint density at radius 2 is 1.90 bits per heavy atom. The number of ether oxygens (including phenoxy) is 1. The Bertz CT molecular complexity index is 1070. The maximum Gasteiger partial charge on any atom is 0.271 e. The van der Waals surface area contributed by atoms with E-state index >= 15 is 0 Å². The van der Waals surface area contributed by atoms with E-state index < -0.39 is 20.9 Å². The Morgan fingerprint density at radius 1 is 1.21 bits per heavy atom. The van der Waals surface area contributed by atoms with Gasteiger partial charge >= 0.3 is 0 Å². The van der Waals surface area contributed by atoms with Crippen LogP contribution in [0.4, 0.5) is 11.4 Å². The maximum atomic E-state index is 12.8. The van der Waals surface area contributed by atoms with Gasteiger partial charge in [0, 0.05) is 30.8 Å². The molecule has 0 unspecified atom stereocenters. The minimum atomic E-state index is -3.82. The van der Waals surface area contributed by atoms with E-state index in [1.54, 1.807) is 0 Å². The van der Waals surface area contributed by atoms with Gasteiger partial charge in [0.1, 0.15) is 10.6 Å². The number of amides is 1. The number of halogens is 1. The lowest BCUT2D eigenvalue weighted by Crippen LogP contribution is -2.28. The summed E-state index contributed by atoms with van der Waals surface area (Å²) < 4.78 is 32.1. The summed E-state index contributed by atoms with van der Waals surface area (Å²) in [6, 6.07) is 7.69. The number of carbonyl (C=O) groups is 1. The topological polar surface area (TPSA) is 119 Å². The molecule has 0 spiro atoms. The highest BCUT2D eigenvalue weighted by molar-refractivity contribution is 7.89. The molecule has 0 saturated carbocycles. The van der Waals surface area contributed by atoms with Crippen molar-refractivity contribution in [2.24, 2.45) is 0 Å². The van der Waals surface area contributed by atoms with E-state index in [2.05, 4.69) is 5.32 Å². The van der Waals surface area contributed by atoms with Gasteiger partial charge in [-0.25, -0.2) is 8.42 Å². The molecular formula is C18H18ClN3O6S. The third kappa shape index (κ3) is 4.34. The van der Waals surface area contributed by atoms with E-state index in [0.717, 1.165) is 18.9 Å². The van der Waals surface area contributed by atoms with Gasteiger partial charge < -0.3 is 10.1 Å². The second-order valence-corrected chi connectivity index (χ2v) is 8.67. The van der Waals surface area contributed by atoms with E-state index in [1.165, 1.54) is 41.7 Å². The van der Waals surface area contributed by atoms with Crippen molar-refractivity contribution < 1.29 is 22.9 Å². The molecule has 2 aromatic rings. The third-order valence-electron chi connectivity index (χ3n) is 4.52. The van der Waals surface area contributed by atoms with Crippen LogP contribution in [-0.2, 0) is 10.0 Å². The number of carbonyl (C=O) groups excluding carboxylic acids is 1. The van der Waals surface area contributed by atoms with Crippen molar-refractivity contribution in [1.29, 1.82) is 0 Å². The highest BCUT2D eigenvalue weighted by Gasteiger charge is 2.30. The molecule has 0 atom stereocenters. The van der Waals surface area contributed by atoms with Gasteiger partial charge in [-0.3, -0.25) is 14.9 Å². The number of rotatable bonds is 6. The molecule has 3 rings (SSSR count). The number of benzene rings is 2. The molecule has 0 bridgehead atoms. The average molecular weight is 440 g/mol. The number of nitro benzene ring substituents is 1. The highest BCUT2D eigenvalue weighted by atomic mass is 35.5. The number of nitrogens with zero attached hydrogens (tertiary/aromatic N) is 2. The normalized spacial score (nSPS) is 14.6. The van der Waals surface area contributed by atoms with E-state index in [-0.39, 0.29) is 32.6 Å². The molecule has 1 N–H and O–H groups in total. The second-order valence-electron chi connectivity index (χ2n) is 6.35. The number of anilines is 1. The van der Waals surface area contributed by atoms with Gasteiger partial charge in [-0.2, -0.15) is 4.31 Å². The van der Waals surface area contributed by atoms with Crippen LogP contribution in [0.2, 0.25) is 5.02 Å². The molecular weight excluding hydrogens is 422 g/mol. The van der Waals surface area contributed by atoms with Crippen LogP contribution in [0.5, 0.6) is 5.75 Å². The van der Waals surface area contributed by atoms with Gasteiger partial charge in [0.05, 0.1) is 22.7 Å². The first-order chi connectivity index (χ1) is 13.7. The molecule has 11 heteroatoms. The molecule has 1 fully saturated rings. The molecule has 1 aliphatic rings. The standard InChI is InChI=1S/C18H18ClN3O6S/c1-28-16-7-5-13(22(24)25)11-15(16)20-18(23)12-4-6-14(19)17(10-12)29(26,27)21-8-2-3-9-21/h4-7,10-11H,2-3,8-9H2,1H3,(H,20,23). The Hall–Kier alpha value is -2.69. The van der Waals surface area contributed by atoms with Crippen molar-refractivity contribution in [2.75, 3.05) is 25.5 Å². The van der Waals surface area contributed by atoms with Crippen LogP contribution >= 0.6 is 11.6 Å². The predicted molar refractivity (Wildman–Crippen MR) is 107 cm³/mol. The van der Waals surface area contributed by atoms with Crippen LogP contribution < -0.4 is 10.1 Å². The van der Waals surface area contributed by atoms with Gasteiger partial charge in [0.25, 0.3) is 11.6 Å². The Balaban J connectivity index is 1.93. The van der Waals surface area contributed by atoms with E-state index in [9.17, 15) is 23.3 Å². The van der Waals surface area contributed by atoms with Crippen molar-refractivity contribution >= 4 is 38.9 Å². The number of sulfonamides is 1. The lowest BCUT2D eigenvalue weighted by molar-refractivity contribution is -0.384.